The molecule has 0 fully saturated rings. The Labute approximate surface area is 77.8 Å². The molecule has 0 atom stereocenters. The molecule has 66 valence electrons. The zero-order valence-corrected chi connectivity index (χ0v) is 7.69. The first-order chi connectivity index (χ1) is 6.38. The molecular weight excluding hydrogens is 186 g/mol. The number of aromatic nitrogens is 1. The van der Waals surface area contributed by atoms with Gasteiger partial charge in [-0.05, 0) is 36.4 Å². The fourth-order valence-corrected chi connectivity index (χ4v) is 2.72. The SMILES string of the molecule is O=c1c2c(c3sncoc1=3)CCC2. The van der Waals surface area contributed by atoms with Gasteiger partial charge in [-0.25, -0.2) is 0 Å². The Morgan fingerprint density at radius 1 is 1.38 bits per heavy atom. The van der Waals surface area contributed by atoms with Gasteiger partial charge in [-0.3, -0.25) is 4.79 Å². The Kier molecular flexibility index (Phi) is 1.35. The van der Waals surface area contributed by atoms with Crippen LogP contribution in [0.1, 0.15) is 17.5 Å². The van der Waals surface area contributed by atoms with Gasteiger partial charge in [0.25, 0.3) is 0 Å². The van der Waals surface area contributed by atoms with E-state index in [-0.39, 0.29) is 5.43 Å². The molecule has 0 aromatic heterocycles. The second-order valence-electron chi connectivity index (χ2n) is 3.22. The first-order valence-electron chi connectivity index (χ1n) is 4.25. The molecule has 13 heavy (non-hydrogen) atoms. The standard InChI is InChI=1S/C9H7NO2S/c11-7-5-2-1-3-6(5)9-8(7)12-4-10-13-9/h4H,1-3H2. The highest BCUT2D eigenvalue weighted by molar-refractivity contribution is 7.03. The molecule has 3 rings (SSSR count). The number of hydrogen-bond acceptors (Lipinski definition) is 4. The number of nitrogens with zero attached hydrogens (tertiary/aromatic N) is 1. The molecule has 1 heterocycles. The Morgan fingerprint density at radius 2 is 2.23 bits per heavy atom. The van der Waals surface area contributed by atoms with E-state index in [1.54, 1.807) is 0 Å². The average Bonchev–Trinajstić information content (AvgIpc) is 2.72. The molecule has 0 saturated heterocycles. The molecule has 2 aliphatic carbocycles. The van der Waals surface area contributed by atoms with Gasteiger partial charge in [0.1, 0.15) is 0 Å². The zero-order valence-electron chi connectivity index (χ0n) is 6.87. The molecule has 0 saturated carbocycles. The highest BCUT2D eigenvalue weighted by Crippen LogP contribution is 2.22. The van der Waals surface area contributed by atoms with Crippen LogP contribution in [0, 0.1) is 9.95 Å². The summed E-state index contributed by atoms with van der Waals surface area (Å²) in [6, 6.07) is 0. The molecule has 0 N–H and O–H groups in total. The van der Waals surface area contributed by atoms with E-state index in [4.69, 9.17) is 4.42 Å². The molecular formula is C9H7NO2S. The van der Waals surface area contributed by atoms with Crippen LogP contribution in [0.2, 0.25) is 0 Å². The summed E-state index contributed by atoms with van der Waals surface area (Å²) in [6.07, 6.45) is 4.35. The van der Waals surface area contributed by atoms with Gasteiger partial charge in [0, 0.05) is 5.56 Å². The quantitative estimate of drug-likeness (QED) is 0.633. The predicted octanol–water partition coefficient (Wildman–Crippen LogP) is 1.31. The van der Waals surface area contributed by atoms with Crippen molar-refractivity contribution in [3.63, 3.8) is 0 Å². The molecule has 0 unspecified atom stereocenters. The molecule has 1 aliphatic heterocycles. The van der Waals surface area contributed by atoms with E-state index in [1.807, 2.05) is 0 Å². The summed E-state index contributed by atoms with van der Waals surface area (Å²) < 4.78 is 10.0. The lowest BCUT2D eigenvalue weighted by Gasteiger charge is -1.85. The minimum Gasteiger partial charge on any atom is -0.439 e. The predicted molar refractivity (Wildman–Crippen MR) is 48.0 cm³/mol. The molecule has 0 spiro atoms. The van der Waals surface area contributed by atoms with Gasteiger partial charge in [-0.2, -0.15) is 4.37 Å². The Balaban J connectivity index is 2.63. The Bertz CT molecular complexity index is 568. The lowest BCUT2D eigenvalue weighted by molar-refractivity contribution is 0.503. The van der Waals surface area contributed by atoms with E-state index >= 15 is 0 Å². The third kappa shape index (κ3) is 0.836. The summed E-state index contributed by atoms with van der Waals surface area (Å²) in [4.78, 5) is 11.7. The highest BCUT2D eigenvalue weighted by atomic mass is 32.1. The van der Waals surface area contributed by atoms with Gasteiger partial charge in [0.05, 0.1) is 4.53 Å². The summed E-state index contributed by atoms with van der Waals surface area (Å²) in [5, 5.41) is 0. The van der Waals surface area contributed by atoms with Crippen molar-refractivity contribution in [2.24, 2.45) is 0 Å². The van der Waals surface area contributed by atoms with Crippen molar-refractivity contribution in [2.45, 2.75) is 19.3 Å². The van der Waals surface area contributed by atoms with Crippen molar-refractivity contribution in [3.05, 3.63) is 37.7 Å². The van der Waals surface area contributed by atoms with E-state index < -0.39 is 0 Å². The largest absolute Gasteiger partial charge is 0.439 e. The van der Waals surface area contributed by atoms with Crippen molar-refractivity contribution >= 4 is 11.5 Å². The minimum absolute atomic E-state index is 0.0844. The van der Waals surface area contributed by atoms with Gasteiger partial charge in [-0.15, -0.1) is 0 Å². The van der Waals surface area contributed by atoms with Crippen LogP contribution in [0.5, 0.6) is 0 Å². The van der Waals surface area contributed by atoms with Crippen molar-refractivity contribution in [1.82, 2.24) is 4.37 Å². The number of fused-ring (bicyclic) bond motifs is 2. The average molecular weight is 193 g/mol. The van der Waals surface area contributed by atoms with Crippen LogP contribution in [-0.2, 0) is 12.8 Å². The van der Waals surface area contributed by atoms with Crippen LogP contribution in [0.15, 0.2) is 15.6 Å². The highest BCUT2D eigenvalue weighted by Gasteiger charge is 2.20. The molecule has 0 aromatic rings. The second-order valence-corrected chi connectivity index (χ2v) is 4.02. The summed E-state index contributed by atoms with van der Waals surface area (Å²) in [6.45, 7) is 0. The van der Waals surface area contributed by atoms with E-state index in [2.05, 4.69) is 4.37 Å². The van der Waals surface area contributed by atoms with Gasteiger partial charge in [0.15, 0.2) is 11.8 Å². The van der Waals surface area contributed by atoms with Crippen molar-refractivity contribution in [1.29, 1.82) is 0 Å². The normalized spacial score (nSPS) is 15.1. The number of hydrogen-bond donors (Lipinski definition) is 0. The molecule has 3 aliphatic rings. The zero-order chi connectivity index (χ0) is 8.84. The van der Waals surface area contributed by atoms with Crippen LogP contribution >= 0.6 is 11.5 Å². The Hall–Kier alpha value is -1.16. The minimum atomic E-state index is 0.0844. The Morgan fingerprint density at radius 3 is 3.15 bits per heavy atom. The maximum absolute atomic E-state index is 11.7. The van der Waals surface area contributed by atoms with Crippen LogP contribution in [-0.4, -0.2) is 4.37 Å². The van der Waals surface area contributed by atoms with Crippen molar-refractivity contribution in [3.8, 4) is 0 Å². The first kappa shape index (κ1) is 7.26. The molecule has 0 amide bonds. The molecule has 0 aromatic carbocycles. The summed E-state index contributed by atoms with van der Waals surface area (Å²) in [5.41, 5.74) is 2.73. The van der Waals surface area contributed by atoms with Crippen LogP contribution < -0.4 is 5.43 Å². The molecule has 4 heteroatoms. The monoisotopic (exact) mass is 193 g/mol. The second kappa shape index (κ2) is 2.42. The number of rotatable bonds is 0. The van der Waals surface area contributed by atoms with Gasteiger partial charge < -0.3 is 4.42 Å². The maximum atomic E-state index is 11.7. The van der Waals surface area contributed by atoms with E-state index in [9.17, 15) is 4.79 Å². The van der Waals surface area contributed by atoms with Gasteiger partial charge in [-0.1, -0.05) is 0 Å². The lowest BCUT2D eigenvalue weighted by Crippen LogP contribution is -2.02. The molecule has 0 bridgehead atoms. The van der Waals surface area contributed by atoms with Crippen LogP contribution in [0.25, 0.3) is 0 Å². The van der Waals surface area contributed by atoms with Crippen molar-refractivity contribution in [2.75, 3.05) is 0 Å². The fourth-order valence-electron chi connectivity index (χ4n) is 1.97. The third-order valence-electron chi connectivity index (χ3n) is 2.54. The first-order valence-corrected chi connectivity index (χ1v) is 5.02. The van der Waals surface area contributed by atoms with E-state index in [1.165, 1.54) is 23.5 Å². The lowest BCUT2D eigenvalue weighted by atomic mass is 10.2. The van der Waals surface area contributed by atoms with E-state index in [0.717, 1.165) is 29.4 Å². The molecule has 0 radical (unpaired) electrons. The van der Waals surface area contributed by atoms with Crippen molar-refractivity contribution < 1.29 is 4.42 Å². The fraction of sp³-hybridized carbons (Fsp3) is 0.333. The third-order valence-corrected chi connectivity index (χ3v) is 3.34. The van der Waals surface area contributed by atoms with Crippen LogP contribution in [0.4, 0.5) is 0 Å². The topological polar surface area (TPSA) is 43.1 Å². The summed E-state index contributed by atoms with van der Waals surface area (Å²) in [7, 11) is 0. The summed E-state index contributed by atoms with van der Waals surface area (Å²) >= 11 is 1.36. The van der Waals surface area contributed by atoms with E-state index in [0.29, 0.717) is 5.42 Å². The maximum Gasteiger partial charge on any atom is 0.226 e. The summed E-state index contributed by atoms with van der Waals surface area (Å²) in [5.74, 6) is 0. The van der Waals surface area contributed by atoms with Gasteiger partial charge >= 0.3 is 0 Å². The van der Waals surface area contributed by atoms with Gasteiger partial charge in [0.2, 0.25) is 5.43 Å². The van der Waals surface area contributed by atoms with Crippen LogP contribution in [0.3, 0.4) is 0 Å². The molecule has 3 nitrogen and oxygen atoms in total. The smallest absolute Gasteiger partial charge is 0.226 e.